The van der Waals surface area contributed by atoms with Gasteiger partial charge in [-0.15, -0.1) is 0 Å². The predicted molar refractivity (Wildman–Crippen MR) is 152 cm³/mol. The summed E-state index contributed by atoms with van der Waals surface area (Å²) in [6.07, 6.45) is 6.10. The molecule has 5 rings (SSSR count). The molecule has 1 aliphatic rings. The van der Waals surface area contributed by atoms with Crippen molar-refractivity contribution in [3.05, 3.63) is 118 Å². The maximum atomic E-state index is 13.7. The van der Waals surface area contributed by atoms with E-state index in [0.29, 0.717) is 35.6 Å². The Bertz CT molecular complexity index is 1570. The molecule has 1 aliphatic heterocycles. The zero-order valence-corrected chi connectivity index (χ0v) is 22.3. The van der Waals surface area contributed by atoms with Crippen LogP contribution in [0.5, 0.6) is 11.5 Å². The molecule has 4 N–H and O–H groups in total. The Morgan fingerprint density at radius 2 is 1.88 bits per heavy atom. The van der Waals surface area contributed by atoms with Gasteiger partial charge in [-0.1, -0.05) is 36.4 Å². The van der Waals surface area contributed by atoms with Crippen molar-refractivity contribution in [1.82, 2.24) is 14.9 Å². The second-order valence-corrected chi connectivity index (χ2v) is 9.52. The van der Waals surface area contributed by atoms with Gasteiger partial charge in [0.1, 0.15) is 11.6 Å². The number of fused-ring (bicyclic) bond motifs is 1. The lowest BCUT2D eigenvalue weighted by atomic mass is 9.88. The van der Waals surface area contributed by atoms with Gasteiger partial charge >= 0.3 is 0 Å². The number of carbonyl (C=O) groups is 1. The number of aromatic nitrogens is 2. The SMILES string of the molecule is COc1cc(Cc2cnc(N)nc2N)cc(C(=O)/C=C/N2CCc3ccccc3C2c2ccc(F)cc2)c1OC. The average Bonchev–Trinajstić information content (AvgIpc) is 2.97. The van der Waals surface area contributed by atoms with E-state index in [-0.39, 0.29) is 29.4 Å². The topological polar surface area (TPSA) is 117 Å². The van der Waals surface area contributed by atoms with Crippen molar-refractivity contribution in [2.45, 2.75) is 18.9 Å². The van der Waals surface area contributed by atoms with Crippen LogP contribution >= 0.6 is 0 Å². The van der Waals surface area contributed by atoms with E-state index < -0.39 is 0 Å². The van der Waals surface area contributed by atoms with Crippen molar-refractivity contribution in [3.8, 4) is 11.5 Å². The molecule has 4 aromatic rings. The van der Waals surface area contributed by atoms with Crippen LogP contribution in [-0.2, 0) is 12.8 Å². The second-order valence-electron chi connectivity index (χ2n) is 9.52. The molecule has 8 nitrogen and oxygen atoms in total. The minimum absolute atomic E-state index is 0.0915. The van der Waals surface area contributed by atoms with Gasteiger partial charge in [0, 0.05) is 37.0 Å². The fraction of sp³-hybridized carbons (Fsp3) is 0.194. The van der Waals surface area contributed by atoms with E-state index in [4.69, 9.17) is 20.9 Å². The first-order valence-corrected chi connectivity index (χ1v) is 12.8. The van der Waals surface area contributed by atoms with Crippen LogP contribution in [0.2, 0.25) is 0 Å². The lowest BCUT2D eigenvalue weighted by Gasteiger charge is -2.37. The Morgan fingerprint density at radius 1 is 1.10 bits per heavy atom. The molecule has 0 saturated heterocycles. The van der Waals surface area contributed by atoms with Crippen LogP contribution in [0, 0.1) is 5.82 Å². The third-order valence-corrected chi connectivity index (χ3v) is 7.04. The van der Waals surface area contributed by atoms with Gasteiger partial charge in [0.05, 0.1) is 25.8 Å². The Kier molecular flexibility index (Phi) is 7.63. The Hall–Kier alpha value is -4.92. The fourth-order valence-electron chi connectivity index (χ4n) is 5.11. The molecule has 0 bridgehead atoms. The maximum Gasteiger partial charge on any atom is 0.221 e. The van der Waals surface area contributed by atoms with Crippen LogP contribution in [0.3, 0.4) is 0 Å². The van der Waals surface area contributed by atoms with Gasteiger partial charge in [-0.2, -0.15) is 4.98 Å². The van der Waals surface area contributed by atoms with Gasteiger partial charge < -0.3 is 25.8 Å². The third-order valence-electron chi connectivity index (χ3n) is 7.04. The van der Waals surface area contributed by atoms with Crippen molar-refractivity contribution >= 4 is 17.5 Å². The van der Waals surface area contributed by atoms with Crippen molar-refractivity contribution in [3.63, 3.8) is 0 Å². The highest BCUT2D eigenvalue weighted by Gasteiger charge is 2.27. The number of nitrogens with two attached hydrogens (primary N) is 2. The quantitative estimate of drug-likeness (QED) is 0.244. The summed E-state index contributed by atoms with van der Waals surface area (Å²) in [5, 5.41) is 0. The molecule has 1 aromatic heterocycles. The number of nitrogen functional groups attached to an aromatic ring is 2. The van der Waals surface area contributed by atoms with E-state index in [1.165, 1.54) is 38.0 Å². The summed E-state index contributed by atoms with van der Waals surface area (Å²) >= 11 is 0. The molecule has 204 valence electrons. The number of anilines is 2. The monoisotopic (exact) mass is 539 g/mol. The van der Waals surface area contributed by atoms with Crippen molar-refractivity contribution in [1.29, 1.82) is 0 Å². The second kappa shape index (κ2) is 11.4. The summed E-state index contributed by atoms with van der Waals surface area (Å²) in [5.74, 6) is 0.568. The van der Waals surface area contributed by atoms with Gasteiger partial charge in [-0.05, 0) is 52.9 Å². The molecule has 0 spiro atoms. The number of allylic oxidation sites excluding steroid dienone is 1. The van der Waals surface area contributed by atoms with Gasteiger partial charge in [0.2, 0.25) is 5.95 Å². The molecule has 1 atom stereocenters. The summed E-state index contributed by atoms with van der Waals surface area (Å²) in [5.41, 5.74) is 16.8. The molecule has 1 unspecified atom stereocenters. The number of benzene rings is 3. The summed E-state index contributed by atoms with van der Waals surface area (Å²) in [7, 11) is 3.01. The molecule has 2 heterocycles. The standard InChI is InChI=1S/C31H30FN5O3/c1-39-27-17-19(15-22-18-35-31(34)36-30(22)33)16-25(29(27)40-2)26(38)12-14-37-13-11-20-5-3-4-6-24(20)28(37)21-7-9-23(32)10-8-21/h3-10,12,14,16-18,28H,11,13,15H2,1-2H3,(H4,33,34,35,36)/b14-12+. The Labute approximate surface area is 232 Å². The first kappa shape index (κ1) is 26.7. The van der Waals surface area contributed by atoms with E-state index in [2.05, 4.69) is 27.0 Å². The van der Waals surface area contributed by atoms with Crippen LogP contribution in [0.15, 0.2) is 79.1 Å². The Balaban J connectivity index is 1.48. The number of rotatable bonds is 8. The zero-order valence-electron chi connectivity index (χ0n) is 22.3. The first-order valence-electron chi connectivity index (χ1n) is 12.8. The molecule has 0 aliphatic carbocycles. The van der Waals surface area contributed by atoms with Crippen LogP contribution in [0.1, 0.15) is 44.2 Å². The predicted octanol–water partition coefficient (Wildman–Crippen LogP) is 4.73. The van der Waals surface area contributed by atoms with Crippen LogP contribution in [0.25, 0.3) is 0 Å². The summed E-state index contributed by atoms with van der Waals surface area (Å²) in [6, 6.07) is 18.1. The van der Waals surface area contributed by atoms with Crippen LogP contribution in [0.4, 0.5) is 16.2 Å². The number of hydrogen-bond donors (Lipinski definition) is 2. The molecule has 0 fully saturated rings. The van der Waals surface area contributed by atoms with E-state index in [0.717, 1.165) is 23.1 Å². The first-order chi connectivity index (χ1) is 19.4. The Morgan fingerprint density at radius 3 is 2.60 bits per heavy atom. The molecular formula is C31H30FN5O3. The third kappa shape index (κ3) is 5.44. The summed E-state index contributed by atoms with van der Waals surface area (Å²) in [6.45, 7) is 0.694. The van der Waals surface area contributed by atoms with E-state index in [1.807, 2.05) is 12.1 Å². The number of ketones is 1. The lowest BCUT2D eigenvalue weighted by Crippen LogP contribution is -2.32. The van der Waals surface area contributed by atoms with E-state index in [1.54, 1.807) is 36.7 Å². The molecule has 0 radical (unpaired) electrons. The van der Waals surface area contributed by atoms with Gasteiger partial charge in [-0.3, -0.25) is 4.79 Å². The summed E-state index contributed by atoms with van der Waals surface area (Å²) in [4.78, 5) is 23.8. The molecule has 0 saturated carbocycles. The number of carbonyl (C=O) groups excluding carboxylic acids is 1. The van der Waals surface area contributed by atoms with Gasteiger partial charge in [-0.25, -0.2) is 9.37 Å². The van der Waals surface area contributed by atoms with Crippen molar-refractivity contribution in [2.75, 3.05) is 32.2 Å². The smallest absolute Gasteiger partial charge is 0.221 e. The highest BCUT2D eigenvalue weighted by atomic mass is 19.1. The summed E-state index contributed by atoms with van der Waals surface area (Å²) < 4.78 is 24.8. The molecule has 9 heteroatoms. The van der Waals surface area contributed by atoms with Crippen LogP contribution in [-0.4, -0.2) is 41.4 Å². The maximum absolute atomic E-state index is 13.7. The molecule has 3 aromatic carbocycles. The van der Waals surface area contributed by atoms with Crippen molar-refractivity contribution in [2.24, 2.45) is 0 Å². The van der Waals surface area contributed by atoms with E-state index in [9.17, 15) is 9.18 Å². The minimum atomic E-state index is -0.293. The van der Waals surface area contributed by atoms with E-state index >= 15 is 0 Å². The lowest BCUT2D eigenvalue weighted by molar-refractivity contribution is 0.104. The van der Waals surface area contributed by atoms with Gasteiger partial charge in [0.15, 0.2) is 17.3 Å². The fourth-order valence-corrected chi connectivity index (χ4v) is 5.11. The molecule has 0 amide bonds. The molecular weight excluding hydrogens is 509 g/mol. The largest absolute Gasteiger partial charge is 0.493 e. The molecule has 40 heavy (non-hydrogen) atoms. The van der Waals surface area contributed by atoms with Crippen molar-refractivity contribution < 1.29 is 18.7 Å². The normalized spacial score (nSPS) is 14.7. The number of nitrogens with zero attached hydrogens (tertiary/aromatic N) is 3. The highest BCUT2D eigenvalue weighted by molar-refractivity contribution is 6.07. The number of ether oxygens (including phenoxy) is 2. The van der Waals surface area contributed by atoms with Gasteiger partial charge in [0.25, 0.3) is 0 Å². The highest BCUT2D eigenvalue weighted by Crippen LogP contribution is 2.37. The number of halogens is 1. The number of methoxy groups -OCH3 is 2. The average molecular weight is 540 g/mol. The van der Waals surface area contributed by atoms with Crippen LogP contribution < -0.4 is 20.9 Å². The minimum Gasteiger partial charge on any atom is -0.493 e. The number of hydrogen-bond acceptors (Lipinski definition) is 8. The zero-order chi connectivity index (χ0) is 28.2.